The molecule has 0 aliphatic heterocycles. The summed E-state index contributed by atoms with van der Waals surface area (Å²) in [5.41, 5.74) is 0. The summed E-state index contributed by atoms with van der Waals surface area (Å²) in [5, 5.41) is 20.1. The van der Waals surface area contributed by atoms with Crippen LogP contribution < -0.4 is 5.32 Å². The maximum Gasteiger partial charge on any atom is 0.317 e. The van der Waals surface area contributed by atoms with Crippen LogP contribution in [0.1, 0.15) is 32.6 Å². The van der Waals surface area contributed by atoms with E-state index >= 15 is 0 Å². The highest BCUT2D eigenvalue weighted by Gasteiger charge is 2.32. The third kappa shape index (κ3) is 4.24. The topological polar surface area (TPSA) is 93.4 Å². The van der Waals surface area contributed by atoms with Crippen LogP contribution >= 0.6 is 0 Å². The van der Waals surface area contributed by atoms with E-state index in [0.29, 0.717) is 19.4 Å². The minimum absolute atomic E-state index is 0.139. The third-order valence-electron chi connectivity index (χ3n) is 3.05. The van der Waals surface area contributed by atoms with Gasteiger partial charge in [-0.25, -0.2) is 4.79 Å². The molecule has 1 aliphatic rings. The number of nitrogens with zero attached hydrogens (tertiary/aromatic N) is 2. The zero-order chi connectivity index (χ0) is 13.5. The van der Waals surface area contributed by atoms with Gasteiger partial charge in [0, 0.05) is 19.1 Å². The lowest BCUT2D eigenvalue weighted by atomic mass is 10.1. The lowest BCUT2D eigenvalue weighted by Crippen LogP contribution is -2.44. The Bertz CT molecular complexity index is 347. The molecule has 1 aliphatic carbocycles. The zero-order valence-electron chi connectivity index (χ0n) is 10.6. The Labute approximate surface area is 107 Å². The van der Waals surface area contributed by atoms with Crippen LogP contribution in [0.2, 0.25) is 0 Å². The third-order valence-corrected chi connectivity index (χ3v) is 3.05. The Morgan fingerprint density at radius 1 is 1.56 bits per heavy atom. The van der Waals surface area contributed by atoms with Crippen LogP contribution in [-0.4, -0.2) is 41.1 Å². The highest BCUT2D eigenvalue weighted by molar-refractivity contribution is 5.76. The van der Waals surface area contributed by atoms with Gasteiger partial charge in [-0.2, -0.15) is 5.26 Å². The minimum atomic E-state index is -0.896. The van der Waals surface area contributed by atoms with Crippen molar-refractivity contribution in [2.45, 2.75) is 38.6 Å². The number of hydrogen-bond acceptors (Lipinski definition) is 3. The van der Waals surface area contributed by atoms with Crippen LogP contribution in [0.4, 0.5) is 4.79 Å². The normalized spacial score (nSPS) is 15.6. The van der Waals surface area contributed by atoms with Crippen LogP contribution in [-0.2, 0) is 4.79 Å². The van der Waals surface area contributed by atoms with Gasteiger partial charge in [-0.1, -0.05) is 6.92 Å². The van der Waals surface area contributed by atoms with Crippen molar-refractivity contribution < 1.29 is 14.7 Å². The molecule has 2 N–H and O–H groups in total. The highest BCUT2D eigenvalue weighted by atomic mass is 16.4. The van der Waals surface area contributed by atoms with Crippen molar-refractivity contribution in [2.75, 3.05) is 13.1 Å². The SMILES string of the molecule is CCC(CNC(=O)N(CCC#N)C1CC1)C(=O)O. The van der Waals surface area contributed by atoms with Crippen molar-refractivity contribution in [2.24, 2.45) is 5.92 Å². The van der Waals surface area contributed by atoms with Crippen molar-refractivity contribution in [3.8, 4) is 6.07 Å². The monoisotopic (exact) mass is 253 g/mol. The van der Waals surface area contributed by atoms with Crippen LogP contribution in [0.5, 0.6) is 0 Å². The molecule has 1 rings (SSSR count). The Hall–Kier alpha value is -1.77. The molecule has 1 fully saturated rings. The number of carboxylic acids is 1. The van der Waals surface area contributed by atoms with Crippen molar-refractivity contribution in [3.63, 3.8) is 0 Å². The average Bonchev–Trinajstić information content (AvgIpc) is 3.14. The summed E-state index contributed by atoms with van der Waals surface area (Å²) < 4.78 is 0. The second kappa shape index (κ2) is 6.84. The summed E-state index contributed by atoms with van der Waals surface area (Å²) in [5.74, 6) is -1.45. The van der Waals surface area contributed by atoms with E-state index in [1.165, 1.54) is 0 Å². The number of carbonyl (C=O) groups is 2. The Balaban J connectivity index is 2.41. The van der Waals surface area contributed by atoms with E-state index in [4.69, 9.17) is 10.4 Å². The van der Waals surface area contributed by atoms with Crippen LogP contribution in [0, 0.1) is 17.2 Å². The van der Waals surface area contributed by atoms with E-state index in [2.05, 4.69) is 5.32 Å². The van der Waals surface area contributed by atoms with Gasteiger partial charge in [0.2, 0.25) is 0 Å². The van der Waals surface area contributed by atoms with Gasteiger partial charge < -0.3 is 15.3 Å². The molecular weight excluding hydrogens is 234 g/mol. The summed E-state index contributed by atoms with van der Waals surface area (Å²) in [4.78, 5) is 24.3. The first-order valence-electron chi connectivity index (χ1n) is 6.24. The first-order valence-corrected chi connectivity index (χ1v) is 6.24. The molecule has 2 amide bonds. The molecule has 0 heterocycles. The number of amides is 2. The van der Waals surface area contributed by atoms with E-state index in [0.717, 1.165) is 12.8 Å². The van der Waals surface area contributed by atoms with Gasteiger partial charge in [0.1, 0.15) is 0 Å². The molecule has 1 atom stereocenters. The molecule has 0 aromatic heterocycles. The summed E-state index contributed by atoms with van der Waals surface area (Å²) in [6, 6.07) is 1.98. The van der Waals surface area contributed by atoms with Gasteiger partial charge in [-0.3, -0.25) is 4.79 Å². The van der Waals surface area contributed by atoms with Crippen molar-refractivity contribution in [1.29, 1.82) is 5.26 Å². The van der Waals surface area contributed by atoms with Gasteiger partial charge in [-0.05, 0) is 19.3 Å². The fourth-order valence-electron chi connectivity index (χ4n) is 1.72. The minimum Gasteiger partial charge on any atom is -0.481 e. The first-order chi connectivity index (χ1) is 8.60. The molecular formula is C12H19N3O3. The van der Waals surface area contributed by atoms with E-state index in [-0.39, 0.29) is 18.6 Å². The van der Waals surface area contributed by atoms with Gasteiger partial charge in [-0.15, -0.1) is 0 Å². The summed E-state index contributed by atoms with van der Waals surface area (Å²) in [6.45, 7) is 2.33. The van der Waals surface area contributed by atoms with Crippen molar-refractivity contribution >= 4 is 12.0 Å². The summed E-state index contributed by atoms with van der Waals surface area (Å²) in [7, 11) is 0. The van der Waals surface area contributed by atoms with Crippen LogP contribution in [0.25, 0.3) is 0 Å². The Kier molecular flexibility index (Phi) is 5.43. The van der Waals surface area contributed by atoms with E-state index < -0.39 is 11.9 Å². The number of carbonyl (C=O) groups excluding carboxylic acids is 1. The lowest BCUT2D eigenvalue weighted by molar-refractivity contribution is -0.141. The number of nitrogens with one attached hydrogen (secondary N) is 1. The second-order valence-electron chi connectivity index (χ2n) is 4.46. The molecule has 0 radical (unpaired) electrons. The molecule has 0 bridgehead atoms. The average molecular weight is 253 g/mol. The predicted octanol–water partition coefficient (Wildman–Crippen LogP) is 1.18. The summed E-state index contributed by atoms with van der Waals surface area (Å²) >= 11 is 0. The molecule has 0 aromatic rings. The maximum atomic E-state index is 11.9. The van der Waals surface area contributed by atoms with Crippen molar-refractivity contribution in [1.82, 2.24) is 10.2 Å². The number of carboxylic acid groups (broad SMARTS) is 1. The highest BCUT2D eigenvalue weighted by Crippen LogP contribution is 2.26. The smallest absolute Gasteiger partial charge is 0.317 e. The van der Waals surface area contributed by atoms with Crippen LogP contribution in [0.3, 0.4) is 0 Å². The molecule has 0 aromatic carbocycles. The molecule has 6 heteroatoms. The van der Waals surface area contributed by atoms with Gasteiger partial charge >= 0.3 is 12.0 Å². The van der Waals surface area contributed by atoms with E-state index in [9.17, 15) is 9.59 Å². The zero-order valence-corrected chi connectivity index (χ0v) is 10.6. The predicted molar refractivity (Wildman–Crippen MR) is 64.8 cm³/mol. The fourth-order valence-corrected chi connectivity index (χ4v) is 1.72. The number of urea groups is 1. The molecule has 0 spiro atoms. The van der Waals surface area contributed by atoms with Gasteiger partial charge in [0.05, 0.1) is 18.4 Å². The fraction of sp³-hybridized carbons (Fsp3) is 0.750. The number of hydrogen-bond donors (Lipinski definition) is 2. The second-order valence-corrected chi connectivity index (χ2v) is 4.46. The number of rotatable bonds is 7. The quantitative estimate of drug-likeness (QED) is 0.712. The molecule has 0 saturated heterocycles. The van der Waals surface area contributed by atoms with Crippen molar-refractivity contribution in [3.05, 3.63) is 0 Å². The first kappa shape index (κ1) is 14.3. The molecule has 1 saturated carbocycles. The Morgan fingerprint density at radius 3 is 2.67 bits per heavy atom. The van der Waals surface area contributed by atoms with Gasteiger partial charge in [0.25, 0.3) is 0 Å². The standard InChI is InChI=1S/C12H19N3O3/c1-2-9(11(16)17)8-14-12(18)15(7-3-6-13)10-4-5-10/h9-10H,2-5,7-8H2,1H3,(H,14,18)(H,16,17). The van der Waals surface area contributed by atoms with E-state index in [1.807, 2.05) is 6.07 Å². The largest absolute Gasteiger partial charge is 0.481 e. The lowest BCUT2D eigenvalue weighted by Gasteiger charge is -2.22. The molecule has 100 valence electrons. The van der Waals surface area contributed by atoms with Crippen LogP contribution in [0.15, 0.2) is 0 Å². The molecule has 1 unspecified atom stereocenters. The number of nitriles is 1. The summed E-state index contributed by atoms with van der Waals surface area (Å²) in [6.07, 6.45) is 2.72. The molecule has 6 nitrogen and oxygen atoms in total. The molecule has 18 heavy (non-hydrogen) atoms. The Morgan fingerprint density at radius 2 is 2.22 bits per heavy atom. The van der Waals surface area contributed by atoms with E-state index in [1.54, 1.807) is 11.8 Å². The maximum absolute atomic E-state index is 11.9. The number of aliphatic carboxylic acids is 1. The van der Waals surface area contributed by atoms with Gasteiger partial charge in [0.15, 0.2) is 0 Å².